The molecule has 3 saturated heterocycles. The van der Waals surface area contributed by atoms with Gasteiger partial charge in [-0.05, 0) is 55.0 Å². The van der Waals surface area contributed by atoms with Crippen LogP contribution >= 0.6 is 0 Å². The van der Waals surface area contributed by atoms with Crippen LogP contribution in [0.15, 0.2) is 48.5 Å². The fourth-order valence-corrected chi connectivity index (χ4v) is 5.37. The monoisotopic (exact) mass is 502 g/mol. The van der Waals surface area contributed by atoms with Crippen LogP contribution in [0, 0.1) is 0 Å². The molecule has 1 atom stereocenters. The molecule has 5 rings (SSSR count). The van der Waals surface area contributed by atoms with E-state index in [1.165, 1.54) is 11.0 Å². The van der Waals surface area contributed by atoms with Gasteiger partial charge in [-0.3, -0.25) is 4.79 Å². The molecule has 0 aliphatic carbocycles. The van der Waals surface area contributed by atoms with E-state index in [9.17, 15) is 27.6 Å². The first-order chi connectivity index (χ1) is 17.2. The highest BCUT2D eigenvalue weighted by molar-refractivity contribution is 6.32. The van der Waals surface area contributed by atoms with Crippen molar-refractivity contribution in [2.24, 2.45) is 0 Å². The van der Waals surface area contributed by atoms with Crippen LogP contribution < -0.4 is 4.90 Å². The number of ether oxygens (including phenoxy) is 2. The number of hydrogen-bond acceptors (Lipinski definition) is 6. The average molecular weight is 502 g/mol. The number of hydrogen-bond donors (Lipinski definition) is 0. The Morgan fingerprint density at radius 1 is 0.944 bits per heavy atom. The minimum absolute atomic E-state index is 0.108. The van der Waals surface area contributed by atoms with E-state index < -0.39 is 35.4 Å². The molecule has 1 amide bonds. The number of carbonyl (C=O) groups excluding carboxylic acids is 3. The van der Waals surface area contributed by atoms with Gasteiger partial charge in [-0.1, -0.05) is 36.4 Å². The number of halogens is 3. The van der Waals surface area contributed by atoms with E-state index in [-0.39, 0.29) is 12.3 Å². The lowest BCUT2D eigenvalue weighted by Crippen LogP contribution is -2.55. The number of amides is 1. The third-order valence-electron chi connectivity index (χ3n) is 7.10. The van der Waals surface area contributed by atoms with Crippen LogP contribution in [0.25, 0.3) is 0 Å². The van der Waals surface area contributed by atoms with Crippen LogP contribution in [0.2, 0.25) is 0 Å². The number of para-hydroxylation sites is 1. The molecule has 10 heteroatoms. The number of carbonyl (C=O) groups is 3. The van der Waals surface area contributed by atoms with Crippen LogP contribution in [0.4, 0.5) is 18.9 Å². The normalized spacial score (nSPS) is 22.2. The van der Waals surface area contributed by atoms with E-state index in [2.05, 4.69) is 4.90 Å². The number of piperidine rings is 1. The van der Waals surface area contributed by atoms with Gasteiger partial charge in [-0.25, -0.2) is 9.59 Å². The van der Waals surface area contributed by atoms with E-state index in [0.29, 0.717) is 56.7 Å². The molecule has 0 radical (unpaired) electrons. The van der Waals surface area contributed by atoms with Crippen molar-refractivity contribution in [2.45, 2.75) is 43.6 Å². The average Bonchev–Trinajstić information content (AvgIpc) is 3.44. The van der Waals surface area contributed by atoms with E-state index >= 15 is 0 Å². The maximum absolute atomic E-state index is 13.5. The number of likely N-dealkylation sites (tertiary alicyclic amines) is 1. The summed E-state index contributed by atoms with van der Waals surface area (Å²) in [7, 11) is 0. The molecule has 0 aromatic heterocycles. The number of benzene rings is 2. The van der Waals surface area contributed by atoms with Gasteiger partial charge in [0.15, 0.2) is 0 Å². The quantitative estimate of drug-likeness (QED) is 0.459. The Labute approximate surface area is 205 Å². The largest absolute Gasteiger partial charge is 0.421 e. The number of rotatable bonds is 5. The third-order valence-corrected chi connectivity index (χ3v) is 7.10. The molecule has 2 aromatic carbocycles. The molecule has 0 saturated carbocycles. The lowest BCUT2D eigenvalue weighted by Gasteiger charge is -2.36. The van der Waals surface area contributed by atoms with Crippen LogP contribution in [-0.2, 0) is 36.5 Å². The second kappa shape index (κ2) is 9.24. The zero-order chi connectivity index (χ0) is 25.5. The van der Waals surface area contributed by atoms with Gasteiger partial charge in [-0.15, -0.1) is 0 Å². The lowest BCUT2D eigenvalue weighted by atomic mass is 9.93. The number of alkyl halides is 3. The van der Waals surface area contributed by atoms with Crippen LogP contribution in [-0.4, -0.2) is 54.7 Å². The molecule has 1 unspecified atom stereocenters. The van der Waals surface area contributed by atoms with Gasteiger partial charge < -0.3 is 19.3 Å². The molecule has 3 fully saturated rings. The maximum Gasteiger partial charge on any atom is 0.421 e. The van der Waals surface area contributed by atoms with E-state index in [1.54, 1.807) is 24.3 Å². The molecule has 7 nitrogen and oxygen atoms in total. The topological polar surface area (TPSA) is 76.2 Å². The second-order valence-electron chi connectivity index (χ2n) is 9.34. The maximum atomic E-state index is 13.5. The summed E-state index contributed by atoms with van der Waals surface area (Å²) < 4.78 is 50.5. The molecule has 3 aliphatic heterocycles. The zero-order valence-electron chi connectivity index (χ0n) is 19.4. The van der Waals surface area contributed by atoms with Crippen molar-refractivity contribution in [3.63, 3.8) is 0 Å². The number of nitrogens with zero attached hydrogens (tertiary/aromatic N) is 2. The molecule has 3 aliphatic rings. The van der Waals surface area contributed by atoms with Crippen molar-refractivity contribution in [2.75, 3.05) is 31.1 Å². The summed E-state index contributed by atoms with van der Waals surface area (Å²) in [6, 6.07) is 13.1. The van der Waals surface area contributed by atoms with Crippen LogP contribution in [0.3, 0.4) is 0 Å². The minimum atomic E-state index is -4.39. The highest BCUT2D eigenvalue weighted by atomic mass is 19.4. The van der Waals surface area contributed by atoms with Crippen molar-refractivity contribution in [3.8, 4) is 0 Å². The second-order valence-corrected chi connectivity index (χ2v) is 9.34. The lowest BCUT2D eigenvalue weighted by molar-refractivity contribution is -0.192. The van der Waals surface area contributed by atoms with Crippen molar-refractivity contribution >= 4 is 23.5 Å². The Kier molecular flexibility index (Phi) is 6.23. The molecule has 0 bridgehead atoms. The van der Waals surface area contributed by atoms with E-state index in [1.807, 2.05) is 12.1 Å². The van der Waals surface area contributed by atoms with Gasteiger partial charge >= 0.3 is 29.8 Å². The first kappa shape index (κ1) is 24.3. The highest BCUT2D eigenvalue weighted by Gasteiger charge is 2.58. The standard InChI is InChI=1S/C26H25F3N2O5/c27-26(28,29)20-8-3-2-7-19(20)18-11-15-30(16-18)14-10-17-6-1-4-9-21(17)31-13-5-12-25(24(31)34)35-22(32)23(33)36-25/h1-4,6-9,18H,5,10-16H2. The predicted octanol–water partition coefficient (Wildman–Crippen LogP) is 3.66. The minimum Gasteiger partial charge on any atom is -0.405 e. The first-order valence-corrected chi connectivity index (χ1v) is 11.9. The first-order valence-electron chi connectivity index (χ1n) is 11.9. The smallest absolute Gasteiger partial charge is 0.405 e. The van der Waals surface area contributed by atoms with Crippen LogP contribution in [0.1, 0.15) is 41.9 Å². The summed E-state index contributed by atoms with van der Waals surface area (Å²) in [5, 5.41) is 0. The number of anilines is 1. The van der Waals surface area contributed by atoms with Crippen LogP contribution in [0.5, 0.6) is 0 Å². The van der Waals surface area contributed by atoms with Gasteiger partial charge in [0.2, 0.25) is 0 Å². The zero-order valence-corrected chi connectivity index (χ0v) is 19.4. The molecule has 3 heterocycles. The van der Waals surface area contributed by atoms with Crippen molar-refractivity contribution in [1.29, 1.82) is 0 Å². The molecule has 36 heavy (non-hydrogen) atoms. The van der Waals surface area contributed by atoms with Gasteiger partial charge in [-0.2, -0.15) is 13.2 Å². The van der Waals surface area contributed by atoms with Crippen molar-refractivity contribution in [3.05, 3.63) is 65.2 Å². The fourth-order valence-electron chi connectivity index (χ4n) is 5.37. The summed E-state index contributed by atoms with van der Waals surface area (Å²) in [4.78, 5) is 40.1. The number of esters is 2. The Hall–Kier alpha value is -3.40. The highest BCUT2D eigenvalue weighted by Crippen LogP contribution is 2.39. The van der Waals surface area contributed by atoms with Gasteiger partial charge in [0.25, 0.3) is 0 Å². The molecule has 2 aromatic rings. The molecular formula is C26H25F3N2O5. The summed E-state index contributed by atoms with van der Waals surface area (Å²) in [5.41, 5.74) is 1.27. The summed E-state index contributed by atoms with van der Waals surface area (Å²) >= 11 is 0. The predicted molar refractivity (Wildman–Crippen MR) is 122 cm³/mol. The summed E-state index contributed by atoms with van der Waals surface area (Å²) in [6.45, 7) is 2.19. The molecule has 1 spiro atoms. The molecule has 0 N–H and O–H groups in total. The fraction of sp³-hybridized carbons (Fsp3) is 0.423. The molecule has 190 valence electrons. The molecular weight excluding hydrogens is 477 g/mol. The van der Waals surface area contributed by atoms with Gasteiger partial charge in [0.05, 0.1) is 5.56 Å². The van der Waals surface area contributed by atoms with Crippen molar-refractivity contribution < 1.29 is 37.0 Å². The SMILES string of the molecule is O=C1OC2(CCCN(c3ccccc3CCN3CCC(c4ccccc4C(F)(F)F)C3)C2=O)OC1=O. The Morgan fingerprint density at radius 2 is 1.64 bits per heavy atom. The van der Waals surface area contributed by atoms with Crippen molar-refractivity contribution in [1.82, 2.24) is 4.90 Å². The Bertz CT molecular complexity index is 1180. The van der Waals surface area contributed by atoms with E-state index in [0.717, 1.165) is 11.6 Å². The third kappa shape index (κ3) is 4.45. The Balaban J connectivity index is 1.28. The Morgan fingerprint density at radius 3 is 2.39 bits per heavy atom. The van der Waals surface area contributed by atoms with Gasteiger partial charge in [0, 0.05) is 31.7 Å². The van der Waals surface area contributed by atoms with Gasteiger partial charge in [0.1, 0.15) is 0 Å². The summed E-state index contributed by atoms with van der Waals surface area (Å²) in [5.74, 6) is -5.05. The van der Waals surface area contributed by atoms with E-state index in [4.69, 9.17) is 9.47 Å². The summed E-state index contributed by atoms with van der Waals surface area (Å²) in [6.07, 6.45) is -2.59.